The van der Waals surface area contributed by atoms with Gasteiger partial charge in [-0.05, 0) is 31.4 Å². The minimum absolute atomic E-state index is 0.0483. The zero-order chi connectivity index (χ0) is 16.4. The van der Waals surface area contributed by atoms with Crippen molar-refractivity contribution in [2.75, 3.05) is 7.05 Å². The number of hydrogen-bond acceptors (Lipinski definition) is 3. The van der Waals surface area contributed by atoms with Gasteiger partial charge in [0, 0.05) is 23.1 Å². The average molecular weight is 382 g/mol. The van der Waals surface area contributed by atoms with Crippen molar-refractivity contribution >= 4 is 26.0 Å². The van der Waals surface area contributed by atoms with E-state index in [1.807, 2.05) is 13.8 Å². The smallest absolute Gasteiger partial charge is 0.246 e. The number of benzene rings is 1. The number of halogens is 2. The molecule has 1 aromatic carbocycles. The van der Waals surface area contributed by atoms with E-state index in [2.05, 4.69) is 15.9 Å². The van der Waals surface area contributed by atoms with Crippen LogP contribution in [-0.2, 0) is 16.6 Å². The van der Waals surface area contributed by atoms with Gasteiger partial charge >= 0.3 is 0 Å². The molecular formula is C14H21BrFNO3S. The molecule has 1 rings (SSSR count). The SMILES string of the molecule is CC(C)CC(C)N(C)S(=O)(=O)c1cc(Br)cc(CO)c1F. The summed E-state index contributed by atoms with van der Waals surface area (Å²) in [4.78, 5) is -0.418. The van der Waals surface area contributed by atoms with Gasteiger partial charge in [-0.25, -0.2) is 12.8 Å². The van der Waals surface area contributed by atoms with E-state index >= 15 is 0 Å². The lowest BCUT2D eigenvalue weighted by atomic mass is 10.1. The highest BCUT2D eigenvalue weighted by Crippen LogP contribution is 2.27. The molecule has 0 saturated carbocycles. The molecule has 1 atom stereocenters. The lowest BCUT2D eigenvalue weighted by molar-refractivity contribution is 0.274. The van der Waals surface area contributed by atoms with Crippen LogP contribution in [0.2, 0.25) is 0 Å². The Morgan fingerprint density at radius 2 is 1.90 bits per heavy atom. The molecule has 7 heteroatoms. The topological polar surface area (TPSA) is 57.6 Å². The van der Waals surface area contributed by atoms with Gasteiger partial charge < -0.3 is 5.11 Å². The third kappa shape index (κ3) is 4.25. The first-order chi connectivity index (χ1) is 9.61. The van der Waals surface area contributed by atoms with Crippen molar-refractivity contribution < 1.29 is 17.9 Å². The number of sulfonamides is 1. The summed E-state index contributed by atoms with van der Waals surface area (Å²) in [6.45, 7) is 5.24. The second-order valence-electron chi connectivity index (χ2n) is 5.53. The van der Waals surface area contributed by atoms with E-state index in [1.54, 1.807) is 6.92 Å². The van der Waals surface area contributed by atoms with Gasteiger partial charge in [0.05, 0.1) is 6.61 Å². The Morgan fingerprint density at radius 1 is 1.33 bits per heavy atom. The summed E-state index contributed by atoms with van der Waals surface area (Å²) < 4.78 is 41.0. The van der Waals surface area contributed by atoms with E-state index < -0.39 is 27.3 Å². The van der Waals surface area contributed by atoms with Gasteiger partial charge in [-0.3, -0.25) is 0 Å². The number of aliphatic hydroxyl groups is 1. The maximum absolute atomic E-state index is 14.2. The van der Waals surface area contributed by atoms with Crippen LogP contribution >= 0.6 is 15.9 Å². The van der Waals surface area contributed by atoms with Crippen molar-refractivity contribution in [3.05, 3.63) is 28.0 Å². The number of nitrogens with zero attached hydrogens (tertiary/aromatic N) is 1. The summed E-state index contributed by atoms with van der Waals surface area (Å²) in [6, 6.07) is 2.35. The van der Waals surface area contributed by atoms with Crippen molar-refractivity contribution in [2.45, 2.75) is 44.7 Å². The number of hydrogen-bond donors (Lipinski definition) is 1. The van der Waals surface area contributed by atoms with Crippen molar-refractivity contribution in [3.63, 3.8) is 0 Å². The maximum Gasteiger partial charge on any atom is 0.246 e. The monoisotopic (exact) mass is 381 g/mol. The van der Waals surface area contributed by atoms with Crippen LogP contribution < -0.4 is 0 Å². The van der Waals surface area contributed by atoms with E-state index in [1.165, 1.54) is 23.5 Å². The van der Waals surface area contributed by atoms with Crippen LogP contribution in [0.5, 0.6) is 0 Å². The molecule has 0 fully saturated rings. The van der Waals surface area contributed by atoms with E-state index in [-0.39, 0.29) is 11.6 Å². The predicted octanol–water partition coefficient (Wildman–Crippen LogP) is 3.14. The Balaban J connectivity index is 3.28. The molecule has 0 aliphatic heterocycles. The Labute approximate surface area is 134 Å². The van der Waals surface area contributed by atoms with Crippen LogP contribution in [0.25, 0.3) is 0 Å². The van der Waals surface area contributed by atoms with Gasteiger partial charge in [0.2, 0.25) is 10.0 Å². The van der Waals surface area contributed by atoms with Gasteiger partial charge in [0.15, 0.2) is 0 Å². The summed E-state index contributed by atoms with van der Waals surface area (Å²) in [5.74, 6) is -0.567. The van der Waals surface area contributed by atoms with Crippen LogP contribution in [0.4, 0.5) is 4.39 Å². The lowest BCUT2D eigenvalue weighted by Crippen LogP contribution is -2.36. The van der Waals surface area contributed by atoms with Crippen molar-refractivity contribution in [1.82, 2.24) is 4.31 Å². The maximum atomic E-state index is 14.2. The zero-order valence-electron chi connectivity index (χ0n) is 12.6. The Bertz CT molecular complexity index is 604. The fraction of sp³-hybridized carbons (Fsp3) is 0.571. The largest absolute Gasteiger partial charge is 0.392 e. The van der Waals surface area contributed by atoms with Gasteiger partial charge in [-0.15, -0.1) is 0 Å². The van der Waals surface area contributed by atoms with Crippen LogP contribution in [0.3, 0.4) is 0 Å². The fourth-order valence-corrected chi connectivity index (χ4v) is 4.30. The molecule has 0 amide bonds. The second kappa shape index (κ2) is 7.17. The highest BCUT2D eigenvalue weighted by molar-refractivity contribution is 9.10. The van der Waals surface area contributed by atoms with E-state index in [9.17, 15) is 12.8 Å². The number of aliphatic hydroxyl groups excluding tert-OH is 1. The summed E-state index contributed by atoms with van der Waals surface area (Å²) in [6.07, 6.45) is 0.679. The van der Waals surface area contributed by atoms with Crippen molar-refractivity contribution in [3.8, 4) is 0 Å². The first-order valence-corrected chi connectivity index (χ1v) is 8.91. The van der Waals surface area contributed by atoms with Gasteiger partial charge in [-0.2, -0.15) is 4.31 Å². The molecule has 4 nitrogen and oxygen atoms in total. The highest BCUT2D eigenvalue weighted by atomic mass is 79.9. The molecule has 0 saturated heterocycles. The van der Waals surface area contributed by atoms with E-state index in [0.29, 0.717) is 16.8 Å². The van der Waals surface area contributed by atoms with Crippen LogP contribution in [0.1, 0.15) is 32.8 Å². The minimum atomic E-state index is -3.95. The predicted molar refractivity (Wildman–Crippen MR) is 83.9 cm³/mol. The second-order valence-corrected chi connectivity index (χ2v) is 8.42. The molecular weight excluding hydrogens is 361 g/mol. The van der Waals surface area contributed by atoms with Crippen molar-refractivity contribution in [1.29, 1.82) is 0 Å². The molecule has 1 aromatic rings. The molecule has 120 valence electrons. The molecule has 0 spiro atoms. The summed E-state index contributed by atoms with van der Waals surface area (Å²) in [7, 11) is -2.51. The first kappa shape index (κ1) is 18.5. The molecule has 1 N–H and O–H groups in total. The molecule has 0 heterocycles. The molecule has 0 aromatic heterocycles. The molecule has 0 bridgehead atoms. The molecule has 1 unspecified atom stereocenters. The quantitative estimate of drug-likeness (QED) is 0.823. The van der Waals surface area contributed by atoms with Crippen LogP contribution in [0.15, 0.2) is 21.5 Å². The molecule has 0 radical (unpaired) electrons. The summed E-state index contributed by atoms with van der Waals surface area (Å²) >= 11 is 3.15. The van der Waals surface area contributed by atoms with E-state index in [4.69, 9.17) is 5.11 Å². The Morgan fingerprint density at radius 3 is 2.38 bits per heavy atom. The normalized spacial score (nSPS) is 14.0. The van der Waals surface area contributed by atoms with E-state index in [0.717, 1.165) is 0 Å². The molecule has 0 aliphatic carbocycles. The standard InChI is InChI=1S/C14H21BrFNO3S/c1-9(2)5-10(3)17(4)21(19,20)13-7-12(15)6-11(8-18)14(13)16/h6-7,9-10,18H,5,8H2,1-4H3. The van der Waals surface area contributed by atoms with Gasteiger partial charge in [0.1, 0.15) is 10.7 Å². The van der Waals surface area contributed by atoms with Crippen molar-refractivity contribution in [2.24, 2.45) is 5.92 Å². The lowest BCUT2D eigenvalue weighted by Gasteiger charge is -2.26. The Kier molecular flexibility index (Phi) is 6.34. The van der Waals surface area contributed by atoms with Gasteiger partial charge in [0.25, 0.3) is 0 Å². The van der Waals surface area contributed by atoms with Crippen LogP contribution in [-0.4, -0.2) is 30.9 Å². The molecule has 0 aliphatic rings. The molecule has 21 heavy (non-hydrogen) atoms. The van der Waals surface area contributed by atoms with Gasteiger partial charge in [-0.1, -0.05) is 29.8 Å². The zero-order valence-corrected chi connectivity index (χ0v) is 15.0. The number of rotatable bonds is 6. The Hall–Kier alpha value is -0.500. The fourth-order valence-electron chi connectivity index (χ4n) is 2.14. The average Bonchev–Trinajstić information content (AvgIpc) is 2.38. The highest BCUT2D eigenvalue weighted by Gasteiger charge is 2.29. The summed E-state index contributed by atoms with van der Waals surface area (Å²) in [5.41, 5.74) is -0.0483. The minimum Gasteiger partial charge on any atom is -0.392 e. The summed E-state index contributed by atoms with van der Waals surface area (Å²) in [5, 5.41) is 9.13. The third-order valence-corrected chi connectivity index (χ3v) is 5.77. The van der Waals surface area contributed by atoms with Crippen LogP contribution in [0, 0.1) is 11.7 Å². The first-order valence-electron chi connectivity index (χ1n) is 6.68. The third-order valence-electron chi connectivity index (χ3n) is 3.34.